The van der Waals surface area contributed by atoms with Gasteiger partial charge in [-0.3, -0.25) is 0 Å². The molecular formula is C5H11NO. The van der Waals surface area contributed by atoms with Crippen molar-refractivity contribution in [3.63, 3.8) is 0 Å². The third kappa shape index (κ3) is 0.924. The lowest BCUT2D eigenvalue weighted by molar-refractivity contribution is 0.336. The van der Waals surface area contributed by atoms with Crippen molar-refractivity contribution in [1.29, 1.82) is 0 Å². The van der Waals surface area contributed by atoms with Gasteiger partial charge in [-0.2, -0.15) is 0 Å². The van der Waals surface area contributed by atoms with Crippen molar-refractivity contribution in [2.45, 2.75) is 26.2 Å². The van der Waals surface area contributed by atoms with E-state index in [9.17, 15) is 0 Å². The molecule has 0 amide bonds. The van der Waals surface area contributed by atoms with E-state index in [1.165, 1.54) is 0 Å². The summed E-state index contributed by atoms with van der Waals surface area (Å²) in [5, 5.41) is 0. The van der Waals surface area contributed by atoms with Gasteiger partial charge in [0.15, 0.2) is 0 Å². The van der Waals surface area contributed by atoms with Crippen molar-refractivity contribution < 1.29 is 4.74 Å². The summed E-state index contributed by atoms with van der Waals surface area (Å²) in [4.78, 5) is 0. The molecule has 1 heterocycles. The van der Waals surface area contributed by atoms with Crippen LogP contribution in [-0.2, 0) is 4.74 Å². The van der Waals surface area contributed by atoms with Crippen LogP contribution in [0.25, 0.3) is 0 Å². The van der Waals surface area contributed by atoms with E-state index in [0.29, 0.717) is 12.0 Å². The molecule has 1 aliphatic rings. The van der Waals surface area contributed by atoms with Crippen molar-refractivity contribution in [2.24, 2.45) is 11.7 Å². The normalized spacial score (nSPS) is 39.4. The van der Waals surface area contributed by atoms with Gasteiger partial charge in [-0.25, -0.2) is 0 Å². The van der Waals surface area contributed by atoms with Crippen molar-refractivity contribution >= 4 is 0 Å². The third-order valence-corrected chi connectivity index (χ3v) is 1.22. The van der Waals surface area contributed by atoms with Gasteiger partial charge in [-0.15, -0.1) is 0 Å². The Morgan fingerprint density at radius 2 is 2.00 bits per heavy atom. The molecule has 0 saturated carbocycles. The molecule has 2 unspecified atom stereocenters. The number of nitrogens with two attached hydrogens (primary N) is 1. The van der Waals surface area contributed by atoms with E-state index in [1.807, 2.05) is 0 Å². The molecule has 0 aliphatic carbocycles. The fraction of sp³-hybridized carbons (Fsp3) is 1.00. The maximum absolute atomic E-state index is 5.35. The number of hydrogen-bond acceptors (Lipinski definition) is 2. The van der Waals surface area contributed by atoms with Crippen LogP contribution in [0, 0.1) is 5.92 Å². The quantitative estimate of drug-likeness (QED) is 0.483. The van der Waals surface area contributed by atoms with Gasteiger partial charge in [0.2, 0.25) is 0 Å². The maximum Gasteiger partial charge on any atom is 0.133 e. The highest BCUT2D eigenvalue weighted by atomic mass is 16.6. The molecule has 2 atom stereocenters. The highest BCUT2D eigenvalue weighted by Crippen LogP contribution is 2.23. The maximum atomic E-state index is 5.35. The number of rotatable bonds is 1. The second kappa shape index (κ2) is 1.46. The van der Waals surface area contributed by atoms with Crippen LogP contribution in [0.2, 0.25) is 0 Å². The second-order valence-corrected chi connectivity index (χ2v) is 2.31. The molecule has 0 bridgehead atoms. The predicted molar refractivity (Wildman–Crippen MR) is 27.7 cm³/mol. The molecule has 0 aromatic rings. The summed E-state index contributed by atoms with van der Waals surface area (Å²) >= 11 is 0. The Morgan fingerprint density at radius 3 is 2.00 bits per heavy atom. The smallest absolute Gasteiger partial charge is 0.133 e. The van der Waals surface area contributed by atoms with Crippen LogP contribution in [0.3, 0.4) is 0 Å². The van der Waals surface area contributed by atoms with Gasteiger partial charge in [0.25, 0.3) is 0 Å². The van der Waals surface area contributed by atoms with E-state index >= 15 is 0 Å². The minimum absolute atomic E-state index is 0.0417. The van der Waals surface area contributed by atoms with Crippen molar-refractivity contribution in [3.05, 3.63) is 0 Å². The molecule has 2 nitrogen and oxygen atoms in total. The molecule has 1 fully saturated rings. The van der Waals surface area contributed by atoms with E-state index in [-0.39, 0.29) is 6.23 Å². The Hall–Kier alpha value is -0.0800. The molecule has 1 saturated heterocycles. The molecule has 2 heteroatoms. The topological polar surface area (TPSA) is 38.5 Å². The first kappa shape index (κ1) is 5.06. The Kier molecular flexibility index (Phi) is 1.05. The third-order valence-electron chi connectivity index (χ3n) is 1.22. The minimum atomic E-state index is 0.0417. The van der Waals surface area contributed by atoms with Crippen LogP contribution in [0.1, 0.15) is 13.8 Å². The largest absolute Gasteiger partial charge is 0.353 e. The van der Waals surface area contributed by atoms with Gasteiger partial charge in [-0.1, -0.05) is 13.8 Å². The monoisotopic (exact) mass is 101 g/mol. The number of epoxide rings is 1. The Morgan fingerprint density at radius 1 is 1.57 bits per heavy atom. The molecular weight excluding hydrogens is 90.1 g/mol. The Bertz CT molecular complexity index is 72.5. The summed E-state index contributed by atoms with van der Waals surface area (Å²) in [5.41, 5.74) is 5.35. The van der Waals surface area contributed by atoms with E-state index in [4.69, 9.17) is 10.5 Å². The van der Waals surface area contributed by atoms with Gasteiger partial charge >= 0.3 is 0 Å². The summed E-state index contributed by atoms with van der Waals surface area (Å²) in [6.45, 7) is 4.22. The first-order valence-electron chi connectivity index (χ1n) is 2.63. The lowest BCUT2D eigenvalue weighted by atomic mass is 10.1. The van der Waals surface area contributed by atoms with Gasteiger partial charge in [0, 0.05) is 0 Å². The molecule has 2 N–H and O–H groups in total. The second-order valence-electron chi connectivity index (χ2n) is 2.31. The standard InChI is InChI=1S/C5H11NO/c1-3(2)4-5(6)7-4/h3-5H,6H2,1-2H3. The van der Waals surface area contributed by atoms with Gasteiger partial charge in [0.1, 0.15) is 12.3 Å². The summed E-state index contributed by atoms with van der Waals surface area (Å²) in [6, 6.07) is 0. The summed E-state index contributed by atoms with van der Waals surface area (Å²) in [7, 11) is 0. The highest BCUT2D eigenvalue weighted by Gasteiger charge is 2.37. The van der Waals surface area contributed by atoms with E-state index in [2.05, 4.69) is 13.8 Å². The molecule has 42 valence electrons. The van der Waals surface area contributed by atoms with Crippen LogP contribution in [0.15, 0.2) is 0 Å². The molecule has 7 heavy (non-hydrogen) atoms. The van der Waals surface area contributed by atoms with Crippen molar-refractivity contribution in [1.82, 2.24) is 0 Å². The molecule has 0 spiro atoms. The van der Waals surface area contributed by atoms with E-state index in [0.717, 1.165) is 0 Å². The van der Waals surface area contributed by atoms with Gasteiger partial charge < -0.3 is 10.5 Å². The molecule has 0 radical (unpaired) electrons. The zero-order chi connectivity index (χ0) is 5.44. The van der Waals surface area contributed by atoms with Crippen LogP contribution >= 0.6 is 0 Å². The Balaban J connectivity index is 2.20. The SMILES string of the molecule is CC(C)C1OC1N. The fourth-order valence-electron chi connectivity index (χ4n) is 0.673. The lowest BCUT2D eigenvalue weighted by Crippen LogP contribution is -2.09. The highest BCUT2D eigenvalue weighted by molar-refractivity contribution is 4.81. The van der Waals surface area contributed by atoms with Crippen LogP contribution in [0.4, 0.5) is 0 Å². The average molecular weight is 101 g/mol. The number of ether oxygens (including phenoxy) is 1. The van der Waals surface area contributed by atoms with E-state index in [1.54, 1.807) is 0 Å². The Labute approximate surface area is 43.6 Å². The molecule has 1 rings (SSSR count). The molecule has 0 aromatic carbocycles. The zero-order valence-electron chi connectivity index (χ0n) is 4.72. The first-order valence-corrected chi connectivity index (χ1v) is 2.63. The summed E-state index contributed by atoms with van der Waals surface area (Å²) in [6.07, 6.45) is 0.389. The van der Waals surface area contributed by atoms with Crippen LogP contribution in [-0.4, -0.2) is 12.3 Å². The minimum Gasteiger partial charge on any atom is -0.353 e. The first-order chi connectivity index (χ1) is 3.22. The molecule has 1 aliphatic heterocycles. The van der Waals surface area contributed by atoms with Crippen LogP contribution < -0.4 is 5.73 Å². The van der Waals surface area contributed by atoms with E-state index < -0.39 is 0 Å². The van der Waals surface area contributed by atoms with Crippen molar-refractivity contribution in [2.75, 3.05) is 0 Å². The summed E-state index contributed by atoms with van der Waals surface area (Å²) < 4.78 is 4.96. The molecule has 0 aromatic heterocycles. The van der Waals surface area contributed by atoms with Crippen LogP contribution in [0.5, 0.6) is 0 Å². The summed E-state index contributed by atoms with van der Waals surface area (Å²) in [5.74, 6) is 0.593. The van der Waals surface area contributed by atoms with Gasteiger partial charge in [-0.05, 0) is 5.92 Å². The van der Waals surface area contributed by atoms with Gasteiger partial charge in [0.05, 0.1) is 0 Å². The lowest BCUT2D eigenvalue weighted by Gasteiger charge is -1.92. The number of hydrogen-bond donors (Lipinski definition) is 1. The van der Waals surface area contributed by atoms with Crippen molar-refractivity contribution in [3.8, 4) is 0 Å². The fourth-order valence-corrected chi connectivity index (χ4v) is 0.673. The average Bonchev–Trinajstić information content (AvgIpc) is 2.17. The predicted octanol–water partition coefficient (Wildman–Crippen LogP) is 0.326. The zero-order valence-corrected chi connectivity index (χ0v) is 4.72.